The minimum Gasteiger partial charge on any atom is -0.436 e. The van der Waals surface area contributed by atoms with Crippen molar-refractivity contribution in [3.8, 4) is 11.6 Å². The molecule has 2 heterocycles. The smallest absolute Gasteiger partial charge is 0.248 e. The summed E-state index contributed by atoms with van der Waals surface area (Å²) >= 11 is 0. The van der Waals surface area contributed by atoms with Gasteiger partial charge in [-0.15, -0.1) is 0 Å². The van der Waals surface area contributed by atoms with Gasteiger partial charge in [0, 0.05) is 11.9 Å². The zero-order chi connectivity index (χ0) is 20.8. The molecule has 0 amide bonds. The van der Waals surface area contributed by atoms with E-state index in [2.05, 4.69) is 46.2 Å². The van der Waals surface area contributed by atoms with E-state index in [1.54, 1.807) is 12.1 Å². The van der Waals surface area contributed by atoms with Crippen LogP contribution in [0.3, 0.4) is 0 Å². The quantitative estimate of drug-likeness (QED) is 0.403. The van der Waals surface area contributed by atoms with Crippen LogP contribution in [0.1, 0.15) is 41.0 Å². The lowest BCUT2D eigenvalue weighted by Gasteiger charge is -2.14. The molecule has 0 saturated heterocycles. The first kappa shape index (κ1) is 18.6. The number of fused-ring (bicyclic) bond motifs is 1. The molecule has 0 bridgehead atoms. The summed E-state index contributed by atoms with van der Waals surface area (Å²) < 4.78 is 19.6. The molecule has 6 heteroatoms. The van der Waals surface area contributed by atoms with Crippen molar-refractivity contribution in [1.29, 1.82) is 0 Å². The summed E-state index contributed by atoms with van der Waals surface area (Å²) in [6.07, 6.45) is 4.43. The van der Waals surface area contributed by atoms with Gasteiger partial charge in [0.05, 0.1) is 0 Å². The average molecular weight is 402 g/mol. The van der Waals surface area contributed by atoms with Crippen molar-refractivity contribution in [1.82, 2.24) is 15.0 Å². The number of H-pyrrole nitrogens is 1. The molecule has 5 rings (SSSR count). The molecule has 5 nitrogen and oxygen atoms in total. The number of halogens is 1. The van der Waals surface area contributed by atoms with Crippen LogP contribution >= 0.6 is 0 Å². The molecule has 2 aromatic carbocycles. The van der Waals surface area contributed by atoms with Crippen LogP contribution in [-0.4, -0.2) is 15.0 Å². The second kappa shape index (κ2) is 7.13. The number of hydrogen-bond acceptors (Lipinski definition) is 4. The van der Waals surface area contributed by atoms with Crippen LogP contribution in [0.25, 0.3) is 11.0 Å². The Morgan fingerprint density at radius 1 is 1.00 bits per heavy atom. The number of hydrogen-bond donors (Lipinski definition) is 2. The van der Waals surface area contributed by atoms with Gasteiger partial charge in [-0.1, -0.05) is 12.1 Å². The lowest BCUT2D eigenvalue weighted by molar-refractivity contribution is 0.460. The summed E-state index contributed by atoms with van der Waals surface area (Å²) in [5.41, 5.74) is 6.82. The number of rotatable bonds is 5. The SMILES string of the molecule is Cc1cc(C2CC2)cc(C)c1Oc1nc(Nc2ccc(F)cc2)nc2c(C)c[nH]c12. The molecule has 1 saturated carbocycles. The van der Waals surface area contributed by atoms with E-state index in [-0.39, 0.29) is 5.82 Å². The van der Waals surface area contributed by atoms with Crippen LogP contribution in [0.4, 0.5) is 16.0 Å². The van der Waals surface area contributed by atoms with E-state index in [0.717, 1.165) is 33.5 Å². The Morgan fingerprint density at radius 3 is 2.37 bits per heavy atom. The predicted molar refractivity (Wildman–Crippen MR) is 116 cm³/mol. The number of ether oxygens (including phenoxy) is 1. The summed E-state index contributed by atoms with van der Waals surface area (Å²) in [5.74, 6) is 2.09. The van der Waals surface area contributed by atoms with E-state index < -0.39 is 0 Å². The van der Waals surface area contributed by atoms with Crippen LogP contribution in [0, 0.1) is 26.6 Å². The van der Waals surface area contributed by atoms with E-state index >= 15 is 0 Å². The zero-order valence-electron chi connectivity index (χ0n) is 17.2. The molecule has 0 spiro atoms. The van der Waals surface area contributed by atoms with E-state index in [4.69, 9.17) is 4.74 Å². The predicted octanol–water partition coefficient (Wildman–Crippen LogP) is 6.44. The summed E-state index contributed by atoms with van der Waals surface area (Å²) in [4.78, 5) is 12.5. The molecule has 2 aromatic heterocycles. The van der Waals surface area contributed by atoms with Gasteiger partial charge in [-0.05, 0) is 86.1 Å². The van der Waals surface area contributed by atoms with Gasteiger partial charge in [-0.3, -0.25) is 0 Å². The highest BCUT2D eigenvalue weighted by Crippen LogP contribution is 2.43. The second-order valence-corrected chi connectivity index (χ2v) is 8.04. The summed E-state index contributed by atoms with van der Waals surface area (Å²) in [5, 5.41) is 3.15. The van der Waals surface area contributed by atoms with Crippen LogP contribution in [0.15, 0.2) is 42.6 Å². The third-order valence-corrected chi connectivity index (χ3v) is 5.51. The maximum Gasteiger partial charge on any atom is 0.248 e. The number of aryl methyl sites for hydroxylation is 3. The monoisotopic (exact) mass is 402 g/mol. The van der Waals surface area contributed by atoms with Crippen molar-refractivity contribution in [3.05, 3.63) is 70.7 Å². The fourth-order valence-corrected chi connectivity index (χ4v) is 3.79. The van der Waals surface area contributed by atoms with Crippen molar-refractivity contribution >= 4 is 22.7 Å². The van der Waals surface area contributed by atoms with E-state index in [1.165, 1.54) is 30.5 Å². The first-order chi connectivity index (χ1) is 14.5. The molecule has 0 aliphatic heterocycles. The highest BCUT2D eigenvalue weighted by Gasteiger charge is 2.25. The number of aromatic nitrogens is 3. The highest BCUT2D eigenvalue weighted by molar-refractivity contribution is 5.85. The van der Waals surface area contributed by atoms with Gasteiger partial charge in [0.25, 0.3) is 0 Å². The molecule has 0 radical (unpaired) electrons. The number of nitrogens with one attached hydrogen (secondary N) is 2. The Hall–Kier alpha value is -3.41. The molecule has 4 aromatic rings. The third kappa shape index (κ3) is 3.49. The number of benzene rings is 2. The fourth-order valence-electron chi connectivity index (χ4n) is 3.79. The topological polar surface area (TPSA) is 62.8 Å². The van der Waals surface area contributed by atoms with Crippen molar-refractivity contribution in [3.63, 3.8) is 0 Å². The Labute approximate surface area is 174 Å². The van der Waals surface area contributed by atoms with E-state index in [1.807, 2.05) is 13.1 Å². The largest absolute Gasteiger partial charge is 0.436 e. The molecule has 0 unspecified atom stereocenters. The lowest BCUT2D eigenvalue weighted by atomic mass is 10.0. The number of nitrogens with zero attached hydrogens (tertiary/aromatic N) is 2. The lowest BCUT2D eigenvalue weighted by Crippen LogP contribution is -2.01. The fraction of sp³-hybridized carbons (Fsp3) is 0.250. The normalized spacial score (nSPS) is 13.6. The van der Waals surface area contributed by atoms with Gasteiger partial charge in [-0.25, -0.2) is 9.37 Å². The van der Waals surface area contributed by atoms with Gasteiger partial charge in [0.1, 0.15) is 22.6 Å². The first-order valence-electron chi connectivity index (χ1n) is 10.2. The first-order valence-corrected chi connectivity index (χ1v) is 10.2. The summed E-state index contributed by atoms with van der Waals surface area (Å²) in [6.45, 7) is 6.13. The molecule has 30 heavy (non-hydrogen) atoms. The van der Waals surface area contributed by atoms with Crippen LogP contribution in [0.5, 0.6) is 11.6 Å². The molecule has 0 atom stereocenters. The molecule has 1 aliphatic rings. The average Bonchev–Trinajstić information content (AvgIpc) is 3.50. The van der Waals surface area contributed by atoms with Gasteiger partial charge in [0.2, 0.25) is 11.8 Å². The number of anilines is 2. The summed E-state index contributed by atoms with van der Waals surface area (Å²) in [7, 11) is 0. The van der Waals surface area contributed by atoms with Gasteiger partial charge in [0.15, 0.2) is 0 Å². The Balaban J connectivity index is 1.54. The van der Waals surface area contributed by atoms with Gasteiger partial charge in [-0.2, -0.15) is 4.98 Å². The number of aromatic amines is 1. The molecule has 152 valence electrons. The van der Waals surface area contributed by atoms with E-state index in [9.17, 15) is 4.39 Å². The highest BCUT2D eigenvalue weighted by atomic mass is 19.1. The van der Waals surface area contributed by atoms with Crippen molar-refractivity contribution < 1.29 is 9.13 Å². The zero-order valence-corrected chi connectivity index (χ0v) is 17.2. The third-order valence-electron chi connectivity index (χ3n) is 5.51. The van der Waals surface area contributed by atoms with Crippen molar-refractivity contribution in [2.45, 2.75) is 39.5 Å². The van der Waals surface area contributed by atoms with E-state index in [0.29, 0.717) is 23.4 Å². The Kier molecular flexibility index (Phi) is 4.42. The van der Waals surface area contributed by atoms with Gasteiger partial charge < -0.3 is 15.0 Å². The van der Waals surface area contributed by atoms with Crippen molar-refractivity contribution in [2.24, 2.45) is 0 Å². The van der Waals surface area contributed by atoms with Crippen LogP contribution in [-0.2, 0) is 0 Å². The molecule has 1 fully saturated rings. The molecule has 1 aliphatic carbocycles. The minimum absolute atomic E-state index is 0.289. The maximum absolute atomic E-state index is 13.2. The van der Waals surface area contributed by atoms with Gasteiger partial charge >= 0.3 is 0 Å². The molecular weight excluding hydrogens is 379 g/mol. The summed E-state index contributed by atoms with van der Waals surface area (Å²) in [6, 6.07) is 10.5. The standard InChI is InChI=1S/C24H23FN4O/c1-13-10-17(16-4-5-16)11-14(2)22(13)30-23-21-20(15(3)12-26-21)28-24(29-23)27-19-8-6-18(25)7-9-19/h6-12,16,26H,4-5H2,1-3H3,(H,27,28,29). The van der Waals surface area contributed by atoms with Crippen LogP contribution < -0.4 is 10.1 Å². The minimum atomic E-state index is -0.289. The molecular formula is C24H23FN4O. The molecule has 2 N–H and O–H groups in total. The maximum atomic E-state index is 13.2. The van der Waals surface area contributed by atoms with Crippen LogP contribution in [0.2, 0.25) is 0 Å². The Bertz CT molecular complexity index is 1220. The Morgan fingerprint density at radius 2 is 1.70 bits per heavy atom. The second-order valence-electron chi connectivity index (χ2n) is 8.04. The van der Waals surface area contributed by atoms with Crippen molar-refractivity contribution in [2.75, 3.05) is 5.32 Å².